The second-order valence-corrected chi connectivity index (χ2v) is 6.68. The minimum absolute atomic E-state index is 0.101. The highest BCUT2D eigenvalue weighted by Gasteiger charge is 2.42. The zero-order valence-electron chi connectivity index (χ0n) is 12.7. The lowest BCUT2D eigenvalue weighted by Gasteiger charge is -2.12. The lowest BCUT2D eigenvalue weighted by Crippen LogP contribution is -2.15. The maximum atomic E-state index is 12.8. The number of pyridine rings is 1. The van der Waals surface area contributed by atoms with Gasteiger partial charge < -0.3 is 5.11 Å². The third-order valence-electron chi connectivity index (χ3n) is 4.34. The smallest absolute Gasteiger partial charge is 0.180 e. The molecule has 5 heteroatoms. The zero-order valence-corrected chi connectivity index (χ0v) is 14.3. The molecule has 0 aliphatic heterocycles. The first-order valence-electron chi connectivity index (χ1n) is 7.45. The predicted molar refractivity (Wildman–Crippen MR) is 93.7 cm³/mol. The highest BCUT2D eigenvalue weighted by molar-refractivity contribution is 9.10. The van der Waals surface area contributed by atoms with Crippen LogP contribution in [0, 0.1) is 6.92 Å². The minimum atomic E-state index is -1.09. The van der Waals surface area contributed by atoms with Crippen molar-refractivity contribution in [3.05, 3.63) is 69.3 Å². The molecule has 1 aliphatic rings. The van der Waals surface area contributed by atoms with Crippen molar-refractivity contribution in [2.24, 2.45) is 0 Å². The number of hydrogen-bond acceptors (Lipinski definition) is 4. The summed E-state index contributed by atoms with van der Waals surface area (Å²) in [7, 11) is 0. The fourth-order valence-corrected chi connectivity index (χ4v) is 3.67. The molecule has 2 aromatic carbocycles. The van der Waals surface area contributed by atoms with E-state index in [-0.39, 0.29) is 23.0 Å². The molecule has 0 spiro atoms. The van der Waals surface area contributed by atoms with E-state index >= 15 is 0 Å². The largest absolute Gasteiger partial charge is 0.505 e. The molecule has 0 radical (unpaired) electrons. The Morgan fingerprint density at radius 1 is 1.04 bits per heavy atom. The number of ketones is 2. The molecule has 0 fully saturated rings. The third-order valence-corrected chi connectivity index (χ3v) is 5.14. The maximum Gasteiger partial charge on any atom is 0.180 e. The van der Waals surface area contributed by atoms with Crippen LogP contribution in [0.4, 0.5) is 0 Å². The number of nitrogens with zero attached hydrogens (tertiary/aromatic N) is 1. The maximum absolute atomic E-state index is 12.8. The van der Waals surface area contributed by atoms with Gasteiger partial charge in [-0.15, -0.1) is 0 Å². The SMILES string of the molecule is Cc1ccc2c(c1)C(=O)C(c1nc3ccccc3c(Br)c1O)C2=O. The Kier molecular flexibility index (Phi) is 3.28. The number of aromatic hydroxyl groups is 1. The van der Waals surface area contributed by atoms with Crippen LogP contribution in [0.5, 0.6) is 5.75 Å². The third kappa shape index (κ3) is 2.01. The van der Waals surface area contributed by atoms with Crippen molar-refractivity contribution in [1.82, 2.24) is 4.98 Å². The molecule has 0 saturated heterocycles. The van der Waals surface area contributed by atoms with Crippen molar-refractivity contribution in [3.63, 3.8) is 0 Å². The Labute approximate surface area is 146 Å². The molecule has 4 rings (SSSR count). The minimum Gasteiger partial charge on any atom is -0.505 e. The van der Waals surface area contributed by atoms with Crippen molar-refractivity contribution < 1.29 is 14.7 Å². The average Bonchev–Trinajstić information content (AvgIpc) is 2.82. The molecule has 0 amide bonds. The van der Waals surface area contributed by atoms with Crippen molar-refractivity contribution in [3.8, 4) is 5.75 Å². The van der Waals surface area contributed by atoms with Crippen molar-refractivity contribution in [1.29, 1.82) is 0 Å². The predicted octanol–water partition coefficient (Wildman–Crippen LogP) is 4.17. The Morgan fingerprint density at radius 2 is 1.75 bits per heavy atom. The normalized spacial score (nSPS) is 16.7. The van der Waals surface area contributed by atoms with E-state index < -0.39 is 5.92 Å². The van der Waals surface area contributed by atoms with Gasteiger partial charge in [0, 0.05) is 16.5 Å². The van der Waals surface area contributed by atoms with Gasteiger partial charge >= 0.3 is 0 Å². The van der Waals surface area contributed by atoms with E-state index in [1.54, 1.807) is 24.3 Å². The molecule has 1 N–H and O–H groups in total. The number of rotatable bonds is 1. The highest BCUT2D eigenvalue weighted by Crippen LogP contribution is 2.42. The van der Waals surface area contributed by atoms with Crippen LogP contribution in [0.15, 0.2) is 46.9 Å². The molecule has 4 nitrogen and oxygen atoms in total. The van der Waals surface area contributed by atoms with Crippen LogP contribution >= 0.6 is 15.9 Å². The quantitative estimate of drug-likeness (QED) is 0.642. The van der Waals surface area contributed by atoms with Gasteiger partial charge in [-0.2, -0.15) is 0 Å². The van der Waals surface area contributed by atoms with E-state index in [4.69, 9.17) is 0 Å². The summed E-state index contributed by atoms with van der Waals surface area (Å²) in [6, 6.07) is 12.4. The van der Waals surface area contributed by atoms with Crippen LogP contribution < -0.4 is 0 Å². The zero-order chi connectivity index (χ0) is 17.0. The fraction of sp³-hybridized carbons (Fsp3) is 0.105. The Bertz CT molecular complexity index is 1040. The lowest BCUT2D eigenvalue weighted by molar-refractivity contribution is 0.0886. The summed E-state index contributed by atoms with van der Waals surface area (Å²) in [4.78, 5) is 29.9. The Morgan fingerprint density at radius 3 is 2.54 bits per heavy atom. The van der Waals surface area contributed by atoms with Crippen LogP contribution in [0.3, 0.4) is 0 Å². The first-order valence-corrected chi connectivity index (χ1v) is 8.24. The summed E-state index contributed by atoms with van der Waals surface area (Å²) < 4.78 is 0.441. The average molecular weight is 382 g/mol. The Hall–Kier alpha value is -2.53. The van der Waals surface area contributed by atoms with Gasteiger partial charge in [0.1, 0.15) is 11.6 Å². The number of benzene rings is 2. The highest BCUT2D eigenvalue weighted by atomic mass is 79.9. The number of aromatic nitrogens is 1. The summed E-state index contributed by atoms with van der Waals surface area (Å²) in [5, 5.41) is 11.2. The van der Waals surface area contributed by atoms with Gasteiger partial charge in [0.05, 0.1) is 9.99 Å². The molecule has 1 aliphatic carbocycles. The van der Waals surface area contributed by atoms with Crippen LogP contribution in [0.25, 0.3) is 10.9 Å². The molecule has 1 aromatic heterocycles. The number of hydrogen-bond donors (Lipinski definition) is 1. The summed E-state index contributed by atoms with van der Waals surface area (Å²) in [6.07, 6.45) is 0. The summed E-state index contributed by atoms with van der Waals surface area (Å²) in [5.41, 5.74) is 2.42. The van der Waals surface area contributed by atoms with Gasteiger partial charge in [0.2, 0.25) is 0 Å². The van der Waals surface area contributed by atoms with E-state index in [0.717, 1.165) is 10.9 Å². The summed E-state index contributed by atoms with van der Waals surface area (Å²) >= 11 is 3.35. The number of carbonyl (C=O) groups excluding carboxylic acids is 2. The van der Waals surface area contributed by atoms with E-state index in [9.17, 15) is 14.7 Å². The monoisotopic (exact) mass is 381 g/mol. The number of carbonyl (C=O) groups is 2. The summed E-state index contributed by atoms with van der Waals surface area (Å²) in [6.45, 7) is 1.87. The van der Waals surface area contributed by atoms with Crippen LogP contribution in [-0.2, 0) is 0 Å². The second kappa shape index (κ2) is 5.24. The number of Topliss-reactive ketones (excluding diaryl/α,β-unsaturated/α-hetero) is 2. The molecular formula is C19H12BrNO3. The van der Waals surface area contributed by atoms with Gasteiger partial charge in [-0.3, -0.25) is 9.59 Å². The molecule has 1 atom stereocenters. The van der Waals surface area contributed by atoms with Gasteiger partial charge in [-0.1, -0.05) is 35.9 Å². The standard InChI is InChI=1S/C19H12BrNO3/c1-9-6-7-10-12(8-9)18(23)14(17(10)22)16-19(24)15(20)11-4-2-3-5-13(11)21-16/h2-8,14,24H,1H3. The van der Waals surface area contributed by atoms with Crippen molar-refractivity contribution in [2.45, 2.75) is 12.8 Å². The number of para-hydroxylation sites is 1. The van der Waals surface area contributed by atoms with Crippen LogP contribution in [0.2, 0.25) is 0 Å². The van der Waals surface area contributed by atoms with Gasteiger partial charge in [0.15, 0.2) is 17.3 Å². The molecule has 1 heterocycles. The van der Waals surface area contributed by atoms with Crippen molar-refractivity contribution >= 4 is 38.4 Å². The summed E-state index contributed by atoms with van der Waals surface area (Å²) in [5.74, 6) is -1.89. The van der Waals surface area contributed by atoms with E-state index in [1.807, 2.05) is 25.1 Å². The molecular weight excluding hydrogens is 370 g/mol. The van der Waals surface area contributed by atoms with E-state index in [2.05, 4.69) is 20.9 Å². The molecule has 0 saturated carbocycles. The van der Waals surface area contributed by atoms with Gasteiger partial charge in [-0.05, 0) is 35.0 Å². The fourth-order valence-electron chi connectivity index (χ4n) is 3.14. The molecule has 24 heavy (non-hydrogen) atoms. The van der Waals surface area contributed by atoms with E-state index in [1.165, 1.54) is 0 Å². The van der Waals surface area contributed by atoms with Gasteiger partial charge in [-0.25, -0.2) is 4.98 Å². The molecule has 1 unspecified atom stereocenters. The van der Waals surface area contributed by atoms with Gasteiger partial charge in [0.25, 0.3) is 0 Å². The van der Waals surface area contributed by atoms with Crippen molar-refractivity contribution in [2.75, 3.05) is 0 Å². The van der Waals surface area contributed by atoms with E-state index in [0.29, 0.717) is 21.1 Å². The lowest BCUT2D eigenvalue weighted by atomic mass is 9.97. The first kappa shape index (κ1) is 15.0. The second-order valence-electron chi connectivity index (χ2n) is 5.89. The number of aryl methyl sites for hydroxylation is 1. The molecule has 3 aromatic rings. The molecule has 0 bridgehead atoms. The topological polar surface area (TPSA) is 67.3 Å². The Balaban J connectivity index is 1.95. The first-order chi connectivity index (χ1) is 11.5. The van der Waals surface area contributed by atoms with Crippen LogP contribution in [-0.4, -0.2) is 21.7 Å². The number of fused-ring (bicyclic) bond motifs is 2. The molecule has 118 valence electrons. The number of halogens is 1. The van der Waals surface area contributed by atoms with Crippen LogP contribution in [0.1, 0.15) is 37.9 Å².